The molecule has 0 aromatic heterocycles. The van der Waals surface area contributed by atoms with Crippen LogP contribution in [0.3, 0.4) is 0 Å². The fourth-order valence-corrected chi connectivity index (χ4v) is 3.09. The van der Waals surface area contributed by atoms with E-state index in [9.17, 15) is 8.42 Å². The topological polar surface area (TPSA) is 46.2 Å². The molecule has 4 heteroatoms. The molecule has 2 aromatic carbocycles. The molecule has 0 radical (unpaired) electrons. The van der Waals surface area contributed by atoms with Gasteiger partial charge in [-0.2, -0.15) is 0 Å². The first-order valence-corrected chi connectivity index (χ1v) is 7.54. The quantitative estimate of drug-likeness (QED) is 0.933. The number of aryl methyl sites for hydroxylation is 3. The molecule has 0 amide bonds. The van der Waals surface area contributed by atoms with Gasteiger partial charge in [-0.3, -0.25) is 4.72 Å². The van der Waals surface area contributed by atoms with Gasteiger partial charge in [-0.1, -0.05) is 35.9 Å². The Balaban J connectivity index is 2.39. The van der Waals surface area contributed by atoms with E-state index in [1.807, 2.05) is 39.0 Å². The highest BCUT2D eigenvalue weighted by Gasteiger charge is 2.15. The molecule has 0 bridgehead atoms. The molecular formula is C15H17NO2S. The summed E-state index contributed by atoms with van der Waals surface area (Å²) in [6.07, 6.45) is 0. The second kappa shape index (κ2) is 5.05. The van der Waals surface area contributed by atoms with E-state index in [4.69, 9.17) is 0 Å². The van der Waals surface area contributed by atoms with E-state index in [1.165, 1.54) is 0 Å². The number of rotatable bonds is 3. The summed E-state index contributed by atoms with van der Waals surface area (Å²) >= 11 is 0. The van der Waals surface area contributed by atoms with Crippen molar-refractivity contribution in [2.45, 2.75) is 25.7 Å². The summed E-state index contributed by atoms with van der Waals surface area (Å²) in [7, 11) is -3.53. The predicted molar refractivity (Wildman–Crippen MR) is 77.9 cm³/mol. The molecule has 1 N–H and O–H groups in total. The Hall–Kier alpha value is -1.81. The Kier molecular flexibility index (Phi) is 3.62. The number of sulfonamides is 1. The van der Waals surface area contributed by atoms with Gasteiger partial charge in [-0.25, -0.2) is 8.42 Å². The van der Waals surface area contributed by atoms with Crippen LogP contribution in [0.4, 0.5) is 5.69 Å². The number of hydrogen-bond acceptors (Lipinski definition) is 2. The summed E-state index contributed by atoms with van der Waals surface area (Å²) < 4.78 is 27.3. The van der Waals surface area contributed by atoms with Gasteiger partial charge in [0.2, 0.25) is 0 Å². The highest BCUT2D eigenvalue weighted by Crippen LogP contribution is 2.23. The van der Waals surface area contributed by atoms with Crippen LogP contribution in [-0.2, 0) is 10.0 Å². The fourth-order valence-electron chi connectivity index (χ4n) is 1.89. The minimum Gasteiger partial charge on any atom is -0.279 e. The number of para-hydroxylation sites is 1. The molecule has 19 heavy (non-hydrogen) atoms. The summed E-state index contributed by atoms with van der Waals surface area (Å²) in [6.45, 7) is 5.70. The molecule has 0 spiro atoms. The maximum absolute atomic E-state index is 12.3. The van der Waals surface area contributed by atoms with E-state index < -0.39 is 10.0 Å². The largest absolute Gasteiger partial charge is 0.279 e. The molecule has 0 saturated heterocycles. The van der Waals surface area contributed by atoms with Crippen molar-refractivity contribution < 1.29 is 8.42 Å². The Bertz CT molecular complexity index is 668. The first kappa shape index (κ1) is 13.6. The average Bonchev–Trinajstić information content (AvgIpc) is 2.35. The number of hydrogen-bond donors (Lipinski definition) is 1. The SMILES string of the molecule is Cc1ccc(S(=O)(=O)Nc2c(C)cccc2C)cc1. The van der Waals surface area contributed by atoms with Gasteiger partial charge in [0.1, 0.15) is 0 Å². The molecule has 100 valence electrons. The Morgan fingerprint density at radius 2 is 1.37 bits per heavy atom. The van der Waals surface area contributed by atoms with Crippen LogP contribution in [0, 0.1) is 20.8 Å². The zero-order valence-electron chi connectivity index (χ0n) is 11.3. The van der Waals surface area contributed by atoms with Gasteiger partial charge < -0.3 is 0 Å². The Labute approximate surface area is 114 Å². The predicted octanol–water partition coefficient (Wildman–Crippen LogP) is 3.41. The van der Waals surface area contributed by atoms with Gasteiger partial charge in [0.05, 0.1) is 10.6 Å². The van der Waals surface area contributed by atoms with E-state index in [0.29, 0.717) is 5.69 Å². The molecule has 0 heterocycles. The normalized spacial score (nSPS) is 11.3. The van der Waals surface area contributed by atoms with Gasteiger partial charge in [0.25, 0.3) is 10.0 Å². The first-order valence-electron chi connectivity index (χ1n) is 6.06. The molecule has 0 aliphatic heterocycles. The molecule has 0 aliphatic carbocycles. The minimum absolute atomic E-state index is 0.278. The van der Waals surface area contributed by atoms with Crippen LogP contribution in [-0.4, -0.2) is 8.42 Å². The number of benzene rings is 2. The molecule has 0 aliphatic rings. The Morgan fingerprint density at radius 3 is 1.89 bits per heavy atom. The smallest absolute Gasteiger partial charge is 0.261 e. The van der Waals surface area contributed by atoms with Crippen LogP contribution < -0.4 is 4.72 Å². The molecule has 2 rings (SSSR count). The van der Waals surface area contributed by atoms with Crippen molar-refractivity contribution in [1.29, 1.82) is 0 Å². The minimum atomic E-state index is -3.53. The number of anilines is 1. The summed E-state index contributed by atoms with van der Waals surface area (Å²) in [6, 6.07) is 12.5. The van der Waals surface area contributed by atoms with E-state index >= 15 is 0 Å². The van der Waals surface area contributed by atoms with E-state index in [1.54, 1.807) is 24.3 Å². The number of nitrogens with one attached hydrogen (secondary N) is 1. The monoisotopic (exact) mass is 275 g/mol. The second-order valence-corrected chi connectivity index (χ2v) is 6.37. The zero-order chi connectivity index (χ0) is 14.0. The molecule has 0 unspecified atom stereocenters. The van der Waals surface area contributed by atoms with Crippen LogP contribution >= 0.6 is 0 Å². The van der Waals surface area contributed by atoms with Crippen molar-refractivity contribution in [3.8, 4) is 0 Å². The molecule has 0 atom stereocenters. The molecule has 0 fully saturated rings. The van der Waals surface area contributed by atoms with Gasteiger partial charge in [0, 0.05) is 0 Å². The van der Waals surface area contributed by atoms with Gasteiger partial charge >= 0.3 is 0 Å². The first-order chi connectivity index (χ1) is 8.90. The second-order valence-electron chi connectivity index (χ2n) is 4.69. The average molecular weight is 275 g/mol. The van der Waals surface area contributed by atoms with Gasteiger partial charge in [-0.05, 0) is 44.0 Å². The third-order valence-electron chi connectivity index (χ3n) is 3.05. The fraction of sp³-hybridized carbons (Fsp3) is 0.200. The highest BCUT2D eigenvalue weighted by molar-refractivity contribution is 7.92. The lowest BCUT2D eigenvalue weighted by molar-refractivity contribution is 0.601. The lowest BCUT2D eigenvalue weighted by Gasteiger charge is -2.13. The van der Waals surface area contributed by atoms with E-state index in [2.05, 4.69) is 4.72 Å². The third-order valence-corrected chi connectivity index (χ3v) is 4.41. The van der Waals surface area contributed by atoms with Crippen molar-refractivity contribution >= 4 is 15.7 Å². The van der Waals surface area contributed by atoms with Gasteiger partial charge in [-0.15, -0.1) is 0 Å². The zero-order valence-corrected chi connectivity index (χ0v) is 12.1. The van der Waals surface area contributed by atoms with Crippen LogP contribution in [0.25, 0.3) is 0 Å². The summed E-state index contributed by atoms with van der Waals surface area (Å²) in [5, 5.41) is 0. The van der Waals surface area contributed by atoms with Crippen molar-refractivity contribution in [2.24, 2.45) is 0 Å². The van der Waals surface area contributed by atoms with Crippen molar-refractivity contribution in [3.05, 3.63) is 59.2 Å². The third kappa shape index (κ3) is 2.96. The van der Waals surface area contributed by atoms with E-state index in [0.717, 1.165) is 16.7 Å². The molecule has 2 aromatic rings. The van der Waals surface area contributed by atoms with Crippen LogP contribution in [0.2, 0.25) is 0 Å². The summed E-state index contributed by atoms with van der Waals surface area (Å²) in [5.74, 6) is 0. The lowest BCUT2D eigenvalue weighted by Crippen LogP contribution is -2.14. The highest BCUT2D eigenvalue weighted by atomic mass is 32.2. The van der Waals surface area contributed by atoms with Crippen molar-refractivity contribution in [3.63, 3.8) is 0 Å². The standard InChI is InChI=1S/C15H17NO2S/c1-11-7-9-14(10-8-11)19(17,18)16-15-12(2)5-4-6-13(15)3/h4-10,16H,1-3H3. The molecule has 0 saturated carbocycles. The maximum atomic E-state index is 12.3. The summed E-state index contributed by atoms with van der Waals surface area (Å²) in [4.78, 5) is 0.278. The van der Waals surface area contributed by atoms with Crippen molar-refractivity contribution in [2.75, 3.05) is 4.72 Å². The molecule has 3 nitrogen and oxygen atoms in total. The Morgan fingerprint density at radius 1 is 0.842 bits per heavy atom. The maximum Gasteiger partial charge on any atom is 0.261 e. The van der Waals surface area contributed by atoms with E-state index in [-0.39, 0.29) is 4.90 Å². The lowest BCUT2D eigenvalue weighted by atomic mass is 10.1. The van der Waals surface area contributed by atoms with Crippen LogP contribution in [0.1, 0.15) is 16.7 Å². The van der Waals surface area contributed by atoms with Crippen LogP contribution in [0.5, 0.6) is 0 Å². The van der Waals surface area contributed by atoms with Gasteiger partial charge in [0.15, 0.2) is 0 Å². The van der Waals surface area contributed by atoms with Crippen molar-refractivity contribution in [1.82, 2.24) is 0 Å². The van der Waals surface area contributed by atoms with Crippen LogP contribution in [0.15, 0.2) is 47.4 Å². The molecular weight excluding hydrogens is 258 g/mol. The summed E-state index contributed by atoms with van der Waals surface area (Å²) in [5.41, 5.74) is 3.51.